The molecule has 0 aliphatic carbocycles. The van der Waals surface area contributed by atoms with Crippen LogP contribution in [0.1, 0.15) is 12.8 Å². The zero-order chi connectivity index (χ0) is 14.7. The Hall–Kier alpha value is -1.73. The van der Waals surface area contributed by atoms with Gasteiger partial charge in [-0.25, -0.2) is 0 Å². The van der Waals surface area contributed by atoms with E-state index in [0.29, 0.717) is 5.69 Å². The number of benzene rings is 1. The van der Waals surface area contributed by atoms with Gasteiger partial charge in [-0.1, -0.05) is 0 Å². The fourth-order valence-electron chi connectivity index (χ4n) is 1.27. The smallest absolute Gasteiger partial charge is 0.453 e. The van der Waals surface area contributed by atoms with Crippen LogP contribution in [0.25, 0.3) is 0 Å². The summed E-state index contributed by atoms with van der Waals surface area (Å²) in [5.41, 5.74) is 11.5. The molecule has 0 aliphatic rings. The first-order valence-electron chi connectivity index (χ1n) is 5.36. The summed E-state index contributed by atoms with van der Waals surface area (Å²) in [7, 11) is 0. The minimum Gasteiger partial charge on any atom is -0.494 e. The lowest BCUT2D eigenvalue weighted by atomic mass is 10.2. The maximum Gasteiger partial charge on any atom is 0.453 e. The lowest BCUT2D eigenvalue weighted by Gasteiger charge is -2.19. The summed E-state index contributed by atoms with van der Waals surface area (Å²) >= 11 is 0. The van der Waals surface area contributed by atoms with Gasteiger partial charge in [-0.05, 0) is 18.6 Å². The number of nitrogen functional groups attached to an aromatic ring is 2. The second kappa shape index (κ2) is 5.50. The molecule has 0 saturated heterocycles. The van der Waals surface area contributed by atoms with Crippen molar-refractivity contribution < 1.29 is 26.7 Å². The van der Waals surface area contributed by atoms with Crippen LogP contribution in [0.3, 0.4) is 0 Å². The third kappa shape index (κ3) is 4.15. The molecule has 3 nitrogen and oxygen atoms in total. The Bertz CT molecular complexity index is 434. The lowest BCUT2D eigenvalue weighted by Crippen LogP contribution is -2.36. The largest absolute Gasteiger partial charge is 0.494 e. The van der Waals surface area contributed by atoms with Gasteiger partial charge < -0.3 is 16.2 Å². The summed E-state index contributed by atoms with van der Waals surface area (Å²) in [5.74, 6) is -4.43. The van der Waals surface area contributed by atoms with Crippen molar-refractivity contribution in [3.05, 3.63) is 18.2 Å². The highest BCUT2D eigenvalue weighted by Crippen LogP contribution is 2.38. The van der Waals surface area contributed by atoms with Crippen molar-refractivity contribution in [2.45, 2.75) is 24.9 Å². The molecule has 1 rings (SSSR count). The van der Waals surface area contributed by atoms with Gasteiger partial charge in [-0.15, -0.1) is 0 Å². The normalized spacial score (nSPS) is 12.5. The first-order valence-corrected chi connectivity index (χ1v) is 5.36. The van der Waals surface area contributed by atoms with E-state index < -0.39 is 24.9 Å². The standard InChI is InChI=1S/C11H13F5N2O/c12-10(13,11(14,15)16)4-1-5-19-7-2-3-8(17)9(18)6-7/h2-3,6H,1,4-5,17-18H2. The highest BCUT2D eigenvalue weighted by atomic mass is 19.4. The highest BCUT2D eigenvalue weighted by molar-refractivity contribution is 5.65. The molecular formula is C11H13F5N2O. The van der Waals surface area contributed by atoms with Crippen molar-refractivity contribution >= 4 is 11.4 Å². The number of hydrogen-bond donors (Lipinski definition) is 2. The van der Waals surface area contributed by atoms with Crippen LogP contribution in [0.4, 0.5) is 33.3 Å². The summed E-state index contributed by atoms with van der Waals surface area (Å²) < 4.78 is 65.7. The SMILES string of the molecule is Nc1ccc(OCCCC(F)(F)C(F)(F)F)cc1N. The van der Waals surface area contributed by atoms with Gasteiger partial charge in [0.2, 0.25) is 0 Å². The Morgan fingerprint density at radius 2 is 1.63 bits per heavy atom. The number of nitrogens with two attached hydrogens (primary N) is 2. The van der Waals surface area contributed by atoms with Gasteiger partial charge in [-0.2, -0.15) is 22.0 Å². The van der Waals surface area contributed by atoms with Crippen molar-refractivity contribution in [1.29, 1.82) is 0 Å². The summed E-state index contributed by atoms with van der Waals surface area (Å²) in [4.78, 5) is 0. The zero-order valence-electron chi connectivity index (χ0n) is 9.81. The first-order chi connectivity index (χ1) is 8.63. The molecule has 1 aromatic carbocycles. The Morgan fingerprint density at radius 3 is 2.16 bits per heavy atom. The third-order valence-electron chi connectivity index (χ3n) is 2.38. The quantitative estimate of drug-likeness (QED) is 0.496. The molecule has 8 heteroatoms. The number of alkyl halides is 5. The molecule has 0 aliphatic heterocycles. The Labute approximate surface area is 106 Å². The third-order valence-corrected chi connectivity index (χ3v) is 2.38. The van der Waals surface area contributed by atoms with Crippen LogP contribution in [0, 0.1) is 0 Å². The molecule has 0 atom stereocenters. The van der Waals surface area contributed by atoms with Crippen LogP contribution in [-0.2, 0) is 0 Å². The molecule has 0 fully saturated rings. The highest BCUT2D eigenvalue weighted by Gasteiger charge is 2.56. The molecule has 0 radical (unpaired) electrons. The van der Waals surface area contributed by atoms with Crippen molar-refractivity contribution in [2.24, 2.45) is 0 Å². The van der Waals surface area contributed by atoms with Crippen molar-refractivity contribution in [2.75, 3.05) is 18.1 Å². The molecule has 108 valence electrons. The van der Waals surface area contributed by atoms with Gasteiger partial charge in [0.25, 0.3) is 0 Å². The average Bonchev–Trinajstić information content (AvgIpc) is 2.27. The predicted octanol–water partition coefficient (Wildman–Crippen LogP) is 3.21. The molecule has 0 spiro atoms. The molecule has 0 saturated carbocycles. The number of anilines is 2. The molecule has 0 aromatic heterocycles. The van der Waals surface area contributed by atoms with E-state index in [1.807, 2.05) is 0 Å². The molecular weight excluding hydrogens is 271 g/mol. The number of hydrogen-bond acceptors (Lipinski definition) is 3. The number of halogens is 5. The van der Waals surface area contributed by atoms with Gasteiger partial charge in [-0.3, -0.25) is 0 Å². The average molecular weight is 284 g/mol. The van der Waals surface area contributed by atoms with Gasteiger partial charge in [0.15, 0.2) is 0 Å². The molecule has 0 bridgehead atoms. The van der Waals surface area contributed by atoms with Crippen LogP contribution in [-0.4, -0.2) is 18.7 Å². The zero-order valence-corrected chi connectivity index (χ0v) is 9.81. The number of ether oxygens (including phenoxy) is 1. The van der Waals surface area contributed by atoms with Gasteiger partial charge in [0.1, 0.15) is 5.75 Å². The van der Waals surface area contributed by atoms with Crippen LogP contribution in [0.2, 0.25) is 0 Å². The topological polar surface area (TPSA) is 61.3 Å². The van der Waals surface area contributed by atoms with E-state index in [1.165, 1.54) is 18.2 Å². The maximum absolute atomic E-state index is 12.6. The van der Waals surface area contributed by atoms with Crippen LogP contribution < -0.4 is 16.2 Å². The van der Waals surface area contributed by atoms with E-state index in [0.717, 1.165) is 0 Å². The van der Waals surface area contributed by atoms with E-state index in [9.17, 15) is 22.0 Å². The monoisotopic (exact) mass is 284 g/mol. The second-order valence-corrected chi connectivity index (χ2v) is 3.94. The van der Waals surface area contributed by atoms with Crippen LogP contribution in [0.5, 0.6) is 5.75 Å². The van der Waals surface area contributed by atoms with E-state index in [-0.39, 0.29) is 18.0 Å². The molecule has 1 aromatic rings. The second-order valence-electron chi connectivity index (χ2n) is 3.94. The van der Waals surface area contributed by atoms with Crippen LogP contribution in [0.15, 0.2) is 18.2 Å². The van der Waals surface area contributed by atoms with Crippen molar-refractivity contribution in [3.8, 4) is 5.75 Å². The van der Waals surface area contributed by atoms with E-state index in [1.54, 1.807) is 0 Å². The summed E-state index contributed by atoms with van der Waals surface area (Å²) in [6, 6.07) is 4.28. The Balaban J connectivity index is 2.41. The Kier molecular flexibility index (Phi) is 4.43. The van der Waals surface area contributed by atoms with Gasteiger partial charge in [0.05, 0.1) is 18.0 Å². The van der Waals surface area contributed by atoms with Crippen molar-refractivity contribution in [1.82, 2.24) is 0 Å². The fourth-order valence-corrected chi connectivity index (χ4v) is 1.27. The first kappa shape index (κ1) is 15.3. The van der Waals surface area contributed by atoms with Gasteiger partial charge in [0, 0.05) is 12.5 Å². The van der Waals surface area contributed by atoms with Crippen molar-refractivity contribution in [3.63, 3.8) is 0 Å². The van der Waals surface area contributed by atoms with E-state index in [2.05, 4.69) is 0 Å². The molecule has 4 N–H and O–H groups in total. The fraction of sp³-hybridized carbons (Fsp3) is 0.455. The molecule has 0 amide bonds. The molecule has 0 unspecified atom stereocenters. The summed E-state index contributed by atoms with van der Waals surface area (Å²) in [6.07, 6.45) is -7.28. The van der Waals surface area contributed by atoms with Gasteiger partial charge >= 0.3 is 12.1 Å². The Morgan fingerprint density at radius 1 is 1.00 bits per heavy atom. The van der Waals surface area contributed by atoms with E-state index in [4.69, 9.17) is 16.2 Å². The minimum atomic E-state index is -5.53. The lowest BCUT2D eigenvalue weighted by molar-refractivity contribution is -0.284. The van der Waals surface area contributed by atoms with E-state index >= 15 is 0 Å². The number of rotatable bonds is 5. The predicted molar refractivity (Wildman–Crippen MR) is 61.0 cm³/mol. The summed E-state index contributed by atoms with van der Waals surface area (Å²) in [5, 5.41) is 0. The molecule has 0 heterocycles. The minimum absolute atomic E-state index is 0.248. The van der Waals surface area contributed by atoms with Crippen LogP contribution >= 0.6 is 0 Å². The molecule has 19 heavy (non-hydrogen) atoms. The summed E-state index contributed by atoms with van der Waals surface area (Å²) in [6.45, 7) is -0.269. The maximum atomic E-state index is 12.6.